The van der Waals surface area contributed by atoms with Crippen LogP contribution in [0.2, 0.25) is 5.02 Å². The molecule has 1 unspecified atom stereocenters. The van der Waals surface area contributed by atoms with Crippen LogP contribution in [0.5, 0.6) is 0 Å². The lowest BCUT2D eigenvalue weighted by atomic mass is 10.3. The fourth-order valence-electron chi connectivity index (χ4n) is 1.55. The Balaban J connectivity index is 1.94. The summed E-state index contributed by atoms with van der Waals surface area (Å²) >= 11 is 5.93. The van der Waals surface area contributed by atoms with Crippen LogP contribution in [0.1, 0.15) is 10.4 Å². The molecule has 0 bridgehead atoms. The molecule has 1 saturated heterocycles. The Bertz CT molecular complexity index is 435. The molecule has 1 aliphatic rings. The topological polar surface area (TPSA) is 80.7 Å². The summed E-state index contributed by atoms with van der Waals surface area (Å²) in [6.07, 6.45) is 1.21. The van der Waals surface area contributed by atoms with E-state index in [0.717, 1.165) is 0 Å². The molecule has 0 aromatic carbocycles. The van der Waals surface area contributed by atoms with Gasteiger partial charge in [-0.25, -0.2) is 9.78 Å². The van der Waals surface area contributed by atoms with E-state index >= 15 is 0 Å². The maximum absolute atomic E-state index is 10.7. The van der Waals surface area contributed by atoms with Crippen molar-refractivity contribution in [1.82, 2.24) is 4.98 Å². The summed E-state index contributed by atoms with van der Waals surface area (Å²) in [5.74, 6) is -0.615. The summed E-state index contributed by atoms with van der Waals surface area (Å²) in [5, 5.41) is 12.1. The van der Waals surface area contributed by atoms with Crippen molar-refractivity contribution in [2.24, 2.45) is 0 Å². The number of halogens is 1. The number of aromatic nitrogens is 1. The van der Waals surface area contributed by atoms with Crippen molar-refractivity contribution in [3.8, 4) is 0 Å². The Kier molecular flexibility index (Phi) is 4.35. The Morgan fingerprint density at radius 3 is 3.06 bits per heavy atom. The zero-order valence-corrected chi connectivity index (χ0v) is 10.3. The largest absolute Gasteiger partial charge is 0.478 e. The van der Waals surface area contributed by atoms with Gasteiger partial charge in [-0.15, -0.1) is 0 Å². The monoisotopic (exact) mass is 272 g/mol. The van der Waals surface area contributed by atoms with Gasteiger partial charge in [-0.2, -0.15) is 0 Å². The molecule has 0 spiro atoms. The molecular weight excluding hydrogens is 260 g/mol. The van der Waals surface area contributed by atoms with Gasteiger partial charge >= 0.3 is 5.97 Å². The van der Waals surface area contributed by atoms with Crippen LogP contribution in [0.25, 0.3) is 0 Å². The van der Waals surface area contributed by atoms with Crippen LogP contribution < -0.4 is 5.32 Å². The van der Waals surface area contributed by atoms with Gasteiger partial charge in [0, 0.05) is 12.7 Å². The molecule has 98 valence electrons. The van der Waals surface area contributed by atoms with E-state index in [2.05, 4.69) is 10.3 Å². The highest BCUT2D eigenvalue weighted by Crippen LogP contribution is 2.20. The van der Waals surface area contributed by atoms with E-state index in [1.165, 1.54) is 12.3 Å². The van der Waals surface area contributed by atoms with Crippen molar-refractivity contribution in [2.75, 3.05) is 31.7 Å². The number of rotatable bonds is 4. The second-order valence-electron chi connectivity index (χ2n) is 3.81. The predicted molar refractivity (Wildman–Crippen MR) is 65.3 cm³/mol. The van der Waals surface area contributed by atoms with Gasteiger partial charge in [-0.3, -0.25) is 0 Å². The number of carboxylic acid groups (broad SMARTS) is 1. The van der Waals surface area contributed by atoms with Gasteiger partial charge in [-0.05, 0) is 6.07 Å². The van der Waals surface area contributed by atoms with Crippen LogP contribution in [0.3, 0.4) is 0 Å². The molecule has 0 aliphatic carbocycles. The molecule has 2 heterocycles. The lowest BCUT2D eigenvalue weighted by Crippen LogP contribution is -2.34. The number of nitrogens with zero attached hydrogens (tertiary/aromatic N) is 1. The number of anilines is 1. The SMILES string of the molecule is O=C(O)c1cnc(NCC2COCCO2)c(Cl)c1. The molecule has 0 radical (unpaired) electrons. The average molecular weight is 273 g/mol. The molecule has 0 amide bonds. The van der Waals surface area contributed by atoms with E-state index in [4.69, 9.17) is 26.2 Å². The Morgan fingerprint density at radius 2 is 2.44 bits per heavy atom. The first-order valence-corrected chi connectivity index (χ1v) is 5.86. The van der Waals surface area contributed by atoms with Crippen molar-refractivity contribution in [2.45, 2.75) is 6.10 Å². The Hall–Kier alpha value is -1.37. The second-order valence-corrected chi connectivity index (χ2v) is 4.22. The molecule has 1 aromatic rings. The molecule has 1 atom stereocenters. The van der Waals surface area contributed by atoms with Crippen LogP contribution in [-0.4, -0.2) is 48.5 Å². The third-order valence-electron chi connectivity index (χ3n) is 2.47. The Labute approximate surface area is 109 Å². The molecule has 0 saturated carbocycles. The maximum Gasteiger partial charge on any atom is 0.337 e. The maximum atomic E-state index is 10.7. The Morgan fingerprint density at radius 1 is 1.61 bits per heavy atom. The molecule has 1 fully saturated rings. The van der Waals surface area contributed by atoms with Gasteiger partial charge in [0.2, 0.25) is 0 Å². The lowest BCUT2D eigenvalue weighted by molar-refractivity contribution is -0.0819. The molecule has 1 aromatic heterocycles. The number of ether oxygens (including phenoxy) is 2. The van der Waals surface area contributed by atoms with Crippen LogP contribution in [-0.2, 0) is 9.47 Å². The lowest BCUT2D eigenvalue weighted by Gasteiger charge is -2.23. The van der Waals surface area contributed by atoms with Crippen LogP contribution in [0, 0.1) is 0 Å². The quantitative estimate of drug-likeness (QED) is 0.859. The minimum Gasteiger partial charge on any atom is -0.478 e. The van der Waals surface area contributed by atoms with E-state index in [-0.39, 0.29) is 16.7 Å². The minimum absolute atomic E-state index is 0.0456. The van der Waals surface area contributed by atoms with Gasteiger partial charge in [-0.1, -0.05) is 11.6 Å². The van der Waals surface area contributed by atoms with E-state index in [1.807, 2.05) is 0 Å². The zero-order chi connectivity index (χ0) is 13.0. The number of pyridine rings is 1. The summed E-state index contributed by atoms with van der Waals surface area (Å²) in [5.41, 5.74) is 0.0581. The number of hydrogen-bond acceptors (Lipinski definition) is 5. The van der Waals surface area contributed by atoms with Gasteiger partial charge in [0.05, 0.1) is 36.5 Å². The number of aromatic carboxylic acids is 1. The number of hydrogen-bond donors (Lipinski definition) is 2. The summed E-state index contributed by atoms with van der Waals surface area (Å²) in [7, 11) is 0. The zero-order valence-electron chi connectivity index (χ0n) is 9.56. The highest BCUT2D eigenvalue weighted by Gasteiger charge is 2.15. The van der Waals surface area contributed by atoms with E-state index in [0.29, 0.717) is 32.2 Å². The van der Waals surface area contributed by atoms with Crippen molar-refractivity contribution >= 4 is 23.4 Å². The van der Waals surface area contributed by atoms with Crippen molar-refractivity contribution in [3.05, 3.63) is 22.8 Å². The summed E-state index contributed by atoms with van der Waals surface area (Å²) in [6.45, 7) is 2.23. The van der Waals surface area contributed by atoms with Gasteiger partial charge in [0.1, 0.15) is 5.82 Å². The number of nitrogens with one attached hydrogen (secondary N) is 1. The molecule has 7 heteroatoms. The third kappa shape index (κ3) is 3.32. The highest BCUT2D eigenvalue weighted by molar-refractivity contribution is 6.33. The van der Waals surface area contributed by atoms with E-state index < -0.39 is 5.97 Å². The highest BCUT2D eigenvalue weighted by atomic mass is 35.5. The molecular formula is C11H13ClN2O4. The first-order chi connectivity index (χ1) is 8.66. The van der Waals surface area contributed by atoms with Gasteiger partial charge in [0.25, 0.3) is 0 Å². The van der Waals surface area contributed by atoms with E-state index in [1.54, 1.807) is 0 Å². The fraction of sp³-hybridized carbons (Fsp3) is 0.455. The molecule has 18 heavy (non-hydrogen) atoms. The summed E-state index contributed by atoms with van der Waals surface area (Å²) in [6, 6.07) is 1.36. The fourth-order valence-corrected chi connectivity index (χ4v) is 1.78. The van der Waals surface area contributed by atoms with Gasteiger partial charge in [0.15, 0.2) is 0 Å². The summed E-state index contributed by atoms with van der Waals surface area (Å²) < 4.78 is 10.7. The molecule has 2 rings (SSSR count). The van der Waals surface area contributed by atoms with Crippen LogP contribution in [0.15, 0.2) is 12.3 Å². The number of carbonyl (C=O) groups is 1. The van der Waals surface area contributed by atoms with Crippen molar-refractivity contribution in [1.29, 1.82) is 0 Å². The van der Waals surface area contributed by atoms with Crippen LogP contribution in [0.4, 0.5) is 5.82 Å². The normalized spacial score (nSPS) is 19.5. The molecule has 6 nitrogen and oxygen atoms in total. The second kappa shape index (κ2) is 5.99. The smallest absolute Gasteiger partial charge is 0.337 e. The van der Waals surface area contributed by atoms with Gasteiger partial charge < -0.3 is 19.9 Å². The predicted octanol–water partition coefficient (Wildman–Crippen LogP) is 1.26. The summed E-state index contributed by atoms with van der Waals surface area (Å²) in [4.78, 5) is 14.7. The molecule has 2 N–H and O–H groups in total. The number of carboxylic acids is 1. The first kappa shape index (κ1) is 13.1. The standard InChI is InChI=1S/C11H13ClN2O4/c12-9-3-7(11(15)16)4-13-10(9)14-5-8-6-17-1-2-18-8/h3-4,8H,1-2,5-6H2,(H,13,14)(H,15,16). The van der Waals surface area contributed by atoms with Crippen molar-refractivity contribution in [3.63, 3.8) is 0 Å². The average Bonchev–Trinajstić information content (AvgIpc) is 2.38. The third-order valence-corrected chi connectivity index (χ3v) is 2.76. The van der Waals surface area contributed by atoms with Crippen LogP contribution >= 0.6 is 11.6 Å². The first-order valence-electron chi connectivity index (χ1n) is 5.49. The van der Waals surface area contributed by atoms with Crippen molar-refractivity contribution < 1.29 is 19.4 Å². The van der Waals surface area contributed by atoms with E-state index in [9.17, 15) is 4.79 Å². The minimum atomic E-state index is -1.06. The molecule has 1 aliphatic heterocycles.